The van der Waals surface area contributed by atoms with Crippen molar-refractivity contribution >= 4 is 15.9 Å². The second-order valence-corrected chi connectivity index (χ2v) is 5.25. The van der Waals surface area contributed by atoms with Crippen LogP contribution in [0.2, 0.25) is 0 Å². The van der Waals surface area contributed by atoms with E-state index in [-0.39, 0.29) is 0 Å². The van der Waals surface area contributed by atoms with Crippen LogP contribution < -0.4 is 0 Å². The topological polar surface area (TPSA) is 33.1 Å². The molecule has 1 heterocycles. The summed E-state index contributed by atoms with van der Waals surface area (Å²) in [5.74, 6) is 0.965. The molecule has 2 fully saturated rings. The van der Waals surface area contributed by atoms with Crippen molar-refractivity contribution in [3.05, 3.63) is 28.5 Å². The second kappa shape index (κ2) is 2.80. The Morgan fingerprint density at radius 1 is 1.36 bits per heavy atom. The van der Waals surface area contributed by atoms with Gasteiger partial charge in [0.15, 0.2) is 0 Å². The van der Waals surface area contributed by atoms with Crippen molar-refractivity contribution in [1.29, 1.82) is 0 Å². The lowest BCUT2D eigenvalue weighted by molar-refractivity contribution is 0.101. The molecule has 0 aromatic carbocycles. The Morgan fingerprint density at radius 2 is 2.07 bits per heavy atom. The van der Waals surface area contributed by atoms with Gasteiger partial charge in [0.05, 0.1) is 5.69 Å². The third kappa shape index (κ3) is 1.03. The molecule has 0 spiro atoms. The van der Waals surface area contributed by atoms with Gasteiger partial charge in [0.1, 0.15) is 5.60 Å². The van der Waals surface area contributed by atoms with E-state index in [1.807, 2.05) is 12.1 Å². The lowest BCUT2D eigenvalue weighted by atomic mass is 10.0. The van der Waals surface area contributed by atoms with Crippen LogP contribution in [-0.4, -0.2) is 10.1 Å². The number of hydrogen-bond donors (Lipinski definition) is 1. The molecule has 1 aromatic rings. The summed E-state index contributed by atoms with van der Waals surface area (Å²) in [4.78, 5) is 4.30. The molecule has 0 radical (unpaired) electrons. The summed E-state index contributed by atoms with van der Waals surface area (Å²) in [5.41, 5.74) is 0.272. The number of aromatic nitrogens is 1. The van der Waals surface area contributed by atoms with Crippen LogP contribution in [0.15, 0.2) is 22.8 Å². The molecule has 3 heteroatoms. The Bertz CT molecular complexity index is 352. The largest absolute Gasteiger partial charge is 0.383 e. The highest BCUT2D eigenvalue weighted by Gasteiger charge is 2.67. The molecule has 14 heavy (non-hydrogen) atoms. The summed E-state index contributed by atoms with van der Waals surface area (Å²) < 4.78 is 0.968. The van der Waals surface area contributed by atoms with Crippen LogP contribution in [0, 0.1) is 11.8 Å². The first-order valence-corrected chi connectivity index (χ1v) is 5.86. The van der Waals surface area contributed by atoms with E-state index in [1.54, 1.807) is 6.20 Å². The Labute approximate surface area is 91.5 Å². The number of halogens is 1. The van der Waals surface area contributed by atoms with Crippen LogP contribution in [0.3, 0.4) is 0 Å². The first-order valence-electron chi connectivity index (χ1n) is 5.07. The van der Waals surface area contributed by atoms with E-state index in [0.717, 1.165) is 10.2 Å². The highest BCUT2D eigenvalue weighted by molar-refractivity contribution is 9.10. The maximum Gasteiger partial charge on any atom is 0.113 e. The summed E-state index contributed by atoms with van der Waals surface area (Å²) in [6.07, 6.45) is 5.37. The van der Waals surface area contributed by atoms with Gasteiger partial charge < -0.3 is 5.11 Å². The third-order valence-electron chi connectivity index (χ3n) is 3.68. The van der Waals surface area contributed by atoms with Crippen molar-refractivity contribution in [3.8, 4) is 0 Å². The zero-order valence-corrected chi connectivity index (χ0v) is 9.37. The van der Waals surface area contributed by atoms with E-state index in [9.17, 15) is 5.11 Å². The van der Waals surface area contributed by atoms with Gasteiger partial charge in [-0.1, -0.05) is 6.42 Å². The van der Waals surface area contributed by atoms with Crippen LogP contribution in [0.4, 0.5) is 0 Å². The predicted molar refractivity (Wildman–Crippen MR) is 56.7 cm³/mol. The second-order valence-electron chi connectivity index (χ2n) is 4.33. The Kier molecular flexibility index (Phi) is 1.77. The summed E-state index contributed by atoms with van der Waals surface area (Å²) in [6, 6.07) is 3.89. The fourth-order valence-corrected chi connectivity index (χ4v) is 3.15. The fourth-order valence-electron chi connectivity index (χ4n) is 2.91. The zero-order valence-electron chi connectivity index (χ0n) is 7.78. The van der Waals surface area contributed by atoms with Crippen molar-refractivity contribution < 1.29 is 5.11 Å². The maximum absolute atomic E-state index is 10.4. The minimum absolute atomic E-state index is 0.483. The maximum atomic E-state index is 10.4. The molecule has 2 aliphatic carbocycles. The average molecular weight is 254 g/mol. The Balaban J connectivity index is 1.93. The summed E-state index contributed by atoms with van der Waals surface area (Å²) in [7, 11) is 0. The zero-order chi connectivity index (χ0) is 9.76. The van der Waals surface area contributed by atoms with E-state index in [4.69, 9.17) is 0 Å². The molecule has 2 nitrogen and oxygen atoms in total. The molecular weight excluding hydrogens is 242 g/mol. The van der Waals surface area contributed by atoms with Crippen LogP contribution >= 0.6 is 15.9 Å². The van der Waals surface area contributed by atoms with Crippen LogP contribution in [0.5, 0.6) is 0 Å². The van der Waals surface area contributed by atoms with Gasteiger partial charge >= 0.3 is 0 Å². The van der Waals surface area contributed by atoms with Gasteiger partial charge in [-0.15, -0.1) is 0 Å². The molecule has 2 atom stereocenters. The summed E-state index contributed by atoms with van der Waals surface area (Å²) in [5, 5.41) is 10.4. The van der Waals surface area contributed by atoms with Crippen LogP contribution in [-0.2, 0) is 5.60 Å². The molecule has 1 aromatic heterocycles. The molecule has 0 bridgehead atoms. The molecule has 0 saturated heterocycles. The van der Waals surface area contributed by atoms with Gasteiger partial charge in [-0.05, 0) is 52.7 Å². The van der Waals surface area contributed by atoms with Gasteiger partial charge in [0, 0.05) is 10.7 Å². The van der Waals surface area contributed by atoms with E-state index in [1.165, 1.54) is 19.3 Å². The number of pyridine rings is 1. The van der Waals surface area contributed by atoms with Crippen LogP contribution in [0.25, 0.3) is 0 Å². The molecule has 3 rings (SSSR count). The molecule has 1 N–H and O–H groups in total. The van der Waals surface area contributed by atoms with E-state index in [0.29, 0.717) is 11.8 Å². The van der Waals surface area contributed by atoms with Gasteiger partial charge in [-0.2, -0.15) is 0 Å². The lowest BCUT2D eigenvalue weighted by Gasteiger charge is -2.13. The van der Waals surface area contributed by atoms with E-state index < -0.39 is 5.60 Å². The van der Waals surface area contributed by atoms with Crippen LogP contribution in [0.1, 0.15) is 25.0 Å². The minimum atomic E-state index is -0.584. The molecule has 2 saturated carbocycles. The summed E-state index contributed by atoms with van der Waals surface area (Å²) >= 11 is 3.35. The van der Waals surface area contributed by atoms with Crippen molar-refractivity contribution in [2.45, 2.75) is 24.9 Å². The first-order chi connectivity index (χ1) is 6.73. The Hall–Kier alpha value is -0.410. The SMILES string of the molecule is OC1(c2ccc(Br)cn2)C2CCCC21. The number of aliphatic hydroxyl groups is 1. The standard InChI is InChI=1S/C11H12BrNO/c12-7-4-5-10(13-6-7)11(14)8-2-1-3-9(8)11/h4-6,8-9,14H,1-3H2. The number of fused-ring (bicyclic) bond motifs is 1. The van der Waals surface area contributed by atoms with Gasteiger partial charge in [-0.3, -0.25) is 4.98 Å². The molecule has 74 valence electrons. The minimum Gasteiger partial charge on any atom is -0.383 e. The summed E-state index contributed by atoms with van der Waals surface area (Å²) in [6.45, 7) is 0. The quantitative estimate of drug-likeness (QED) is 0.835. The third-order valence-corrected chi connectivity index (χ3v) is 4.14. The van der Waals surface area contributed by atoms with Crippen molar-refractivity contribution in [2.24, 2.45) is 11.8 Å². The van der Waals surface area contributed by atoms with Crippen molar-refractivity contribution in [3.63, 3.8) is 0 Å². The fraction of sp³-hybridized carbons (Fsp3) is 0.545. The van der Waals surface area contributed by atoms with Gasteiger partial charge in [0.2, 0.25) is 0 Å². The first kappa shape index (κ1) is 8.86. The number of hydrogen-bond acceptors (Lipinski definition) is 2. The lowest BCUT2D eigenvalue weighted by Crippen LogP contribution is -2.14. The number of nitrogens with zero attached hydrogens (tertiary/aromatic N) is 1. The monoisotopic (exact) mass is 253 g/mol. The highest BCUT2D eigenvalue weighted by Crippen LogP contribution is 2.65. The average Bonchev–Trinajstić information content (AvgIpc) is 2.63. The molecule has 2 unspecified atom stereocenters. The van der Waals surface area contributed by atoms with E-state index >= 15 is 0 Å². The Morgan fingerprint density at radius 3 is 2.64 bits per heavy atom. The van der Waals surface area contributed by atoms with Gasteiger partial charge in [0.25, 0.3) is 0 Å². The molecule has 0 aliphatic heterocycles. The van der Waals surface area contributed by atoms with Crippen molar-refractivity contribution in [2.75, 3.05) is 0 Å². The molecule has 0 amide bonds. The van der Waals surface area contributed by atoms with Gasteiger partial charge in [-0.25, -0.2) is 0 Å². The normalized spacial score (nSPS) is 39.6. The highest BCUT2D eigenvalue weighted by atomic mass is 79.9. The molecule has 2 aliphatic rings. The van der Waals surface area contributed by atoms with E-state index in [2.05, 4.69) is 20.9 Å². The number of rotatable bonds is 1. The predicted octanol–water partition coefficient (Wildman–Crippen LogP) is 2.46. The van der Waals surface area contributed by atoms with Crippen molar-refractivity contribution in [1.82, 2.24) is 4.98 Å². The molecular formula is C11H12BrNO. The smallest absolute Gasteiger partial charge is 0.113 e.